The first-order valence-electron chi connectivity index (χ1n) is 6.87. The molecule has 0 aliphatic carbocycles. The quantitative estimate of drug-likeness (QED) is 0.860. The Morgan fingerprint density at radius 2 is 1.83 bits per heavy atom. The molecule has 2 aromatic rings. The van der Waals surface area contributed by atoms with Crippen LogP contribution in [0.4, 0.5) is 10.1 Å². The molecule has 0 bridgehead atoms. The van der Waals surface area contributed by atoms with E-state index in [2.05, 4.69) is 5.32 Å². The molecule has 0 aliphatic heterocycles. The van der Waals surface area contributed by atoms with Crippen LogP contribution in [-0.2, 0) is 16.1 Å². The summed E-state index contributed by atoms with van der Waals surface area (Å²) >= 11 is 0. The number of rotatable bonds is 5. The second-order valence-electron chi connectivity index (χ2n) is 4.80. The minimum atomic E-state index is -0.532. The smallest absolute Gasteiger partial charge is 0.338 e. The monoisotopic (exact) mass is 317 g/mol. The molecule has 0 saturated heterocycles. The van der Waals surface area contributed by atoms with Crippen LogP contribution in [0, 0.1) is 5.82 Å². The van der Waals surface area contributed by atoms with Gasteiger partial charge >= 0.3 is 5.97 Å². The third kappa shape index (κ3) is 4.54. The zero-order valence-corrected chi connectivity index (χ0v) is 12.8. The minimum absolute atomic E-state index is 0.0484. The summed E-state index contributed by atoms with van der Waals surface area (Å²) in [5.41, 5.74) is 1.45. The summed E-state index contributed by atoms with van der Waals surface area (Å²) in [4.78, 5) is 22.9. The molecule has 23 heavy (non-hydrogen) atoms. The fourth-order valence-electron chi connectivity index (χ4n) is 1.92. The zero-order valence-electron chi connectivity index (χ0n) is 12.8. The predicted molar refractivity (Wildman–Crippen MR) is 82.8 cm³/mol. The highest BCUT2D eigenvalue weighted by molar-refractivity contribution is 5.92. The maximum atomic E-state index is 13.5. The fourth-order valence-corrected chi connectivity index (χ4v) is 1.92. The minimum Gasteiger partial charge on any atom is -0.494 e. The van der Waals surface area contributed by atoms with E-state index >= 15 is 0 Å². The number of hydrogen-bond donors (Lipinski definition) is 1. The van der Waals surface area contributed by atoms with Crippen LogP contribution in [-0.4, -0.2) is 19.0 Å². The highest BCUT2D eigenvalue weighted by Crippen LogP contribution is 2.18. The molecule has 1 N–H and O–H groups in total. The fraction of sp³-hybridized carbons (Fsp3) is 0.176. The molecule has 0 radical (unpaired) electrons. The van der Waals surface area contributed by atoms with Gasteiger partial charge in [0.05, 0.1) is 12.7 Å². The third-order valence-corrected chi connectivity index (χ3v) is 3.03. The van der Waals surface area contributed by atoms with Gasteiger partial charge in [0.2, 0.25) is 5.91 Å². The Bertz CT molecular complexity index is 713. The number of methoxy groups -OCH3 is 1. The van der Waals surface area contributed by atoms with Gasteiger partial charge < -0.3 is 14.8 Å². The van der Waals surface area contributed by atoms with Gasteiger partial charge in [0.25, 0.3) is 0 Å². The zero-order chi connectivity index (χ0) is 16.8. The summed E-state index contributed by atoms with van der Waals surface area (Å²) in [6.07, 6.45) is 0. The standard InChI is InChI=1S/C17H16FNO4/c1-11(20)19-14-6-4-13(5-7-14)17(21)23-10-12-3-8-16(22-2)15(18)9-12/h3-9H,10H2,1-2H3,(H,19,20). The number of hydrogen-bond acceptors (Lipinski definition) is 4. The van der Waals surface area contributed by atoms with Crippen molar-refractivity contribution in [2.75, 3.05) is 12.4 Å². The second-order valence-corrected chi connectivity index (χ2v) is 4.80. The number of amides is 1. The Labute approximate surface area is 133 Å². The van der Waals surface area contributed by atoms with Gasteiger partial charge in [0.1, 0.15) is 6.61 Å². The van der Waals surface area contributed by atoms with E-state index in [0.717, 1.165) is 0 Å². The molecule has 0 heterocycles. The first kappa shape index (κ1) is 16.5. The van der Waals surface area contributed by atoms with Gasteiger partial charge in [-0.3, -0.25) is 4.79 Å². The van der Waals surface area contributed by atoms with Crippen LogP contribution in [0.3, 0.4) is 0 Å². The molecular formula is C17H16FNO4. The van der Waals surface area contributed by atoms with Crippen molar-refractivity contribution in [3.63, 3.8) is 0 Å². The van der Waals surface area contributed by atoms with E-state index in [1.807, 2.05) is 0 Å². The molecule has 0 atom stereocenters. The normalized spacial score (nSPS) is 10.0. The van der Waals surface area contributed by atoms with Crippen molar-refractivity contribution in [2.45, 2.75) is 13.5 Å². The van der Waals surface area contributed by atoms with Gasteiger partial charge in [-0.1, -0.05) is 6.07 Å². The Kier molecular flexibility index (Phi) is 5.30. The van der Waals surface area contributed by atoms with E-state index in [0.29, 0.717) is 16.8 Å². The van der Waals surface area contributed by atoms with Crippen molar-refractivity contribution in [3.05, 3.63) is 59.4 Å². The Balaban J connectivity index is 1.96. The molecule has 6 heteroatoms. The van der Waals surface area contributed by atoms with Crippen LogP contribution >= 0.6 is 0 Å². The lowest BCUT2D eigenvalue weighted by Crippen LogP contribution is -2.08. The number of benzene rings is 2. The molecule has 0 fully saturated rings. The number of carbonyl (C=O) groups excluding carboxylic acids is 2. The number of halogens is 1. The maximum Gasteiger partial charge on any atom is 0.338 e. The van der Waals surface area contributed by atoms with Gasteiger partial charge in [0.15, 0.2) is 11.6 Å². The molecule has 2 aromatic carbocycles. The molecule has 0 aliphatic rings. The summed E-state index contributed by atoms with van der Waals surface area (Å²) < 4.78 is 23.5. The molecule has 0 unspecified atom stereocenters. The number of ether oxygens (including phenoxy) is 2. The maximum absolute atomic E-state index is 13.5. The second kappa shape index (κ2) is 7.40. The number of esters is 1. The van der Waals surface area contributed by atoms with Crippen molar-refractivity contribution in [1.29, 1.82) is 0 Å². The summed E-state index contributed by atoms with van der Waals surface area (Å²) in [5.74, 6) is -1.10. The Hall–Kier alpha value is -2.89. The molecule has 120 valence electrons. The number of nitrogens with one attached hydrogen (secondary N) is 1. The Morgan fingerprint density at radius 1 is 1.13 bits per heavy atom. The van der Waals surface area contributed by atoms with E-state index in [9.17, 15) is 14.0 Å². The van der Waals surface area contributed by atoms with Crippen LogP contribution in [0.2, 0.25) is 0 Å². The van der Waals surface area contributed by atoms with E-state index < -0.39 is 11.8 Å². The predicted octanol–water partition coefficient (Wildman–Crippen LogP) is 3.15. The van der Waals surface area contributed by atoms with Gasteiger partial charge in [-0.05, 0) is 42.0 Å². The van der Waals surface area contributed by atoms with Crippen LogP contribution in [0.5, 0.6) is 5.75 Å². The summed E-state index contributed by atoms with van der Waals surface area (Å²) in [5, 5.41) is 2.60. The van der Waals surface area contributed by atoms with Crippen LogP contribution in [0.15, 0.2) is 42.5 Å². The van der Waals surface area contributed by atoms with Crippen LogP contribution in [0.25, 0.3) is 0 Å². The summed E-state index contributed by atoms with van der Waals surface area (Å²) in [6, 6.07) is 10.6. The highest BCUT2D eigenvalue weighted by Gasteiger charge is 2.09. The van der Waals surface area contributed by atoms with Gasteiger partial charge in [0, 0.05) is 12.6 Å². The third-order valence-electron chi connectivity index (χ3n) is 3.03. The lowest BCUT2D eigenvalue weighted by molar-refractivity contribution is -0.114. The Morgan fingerprint density at radius 3 is 2.39 bits per heavy atom. The molecular weight excluding hydrogens is 301 g/mol. The van der Waals surface area contributed by atoms with E-state index in [-0.39, 0.29) is 18.3 Å². The lowest BCUT2D eigenvalue weighted by atomic mass is 10.2. The molecule has 1 amide bonds. The highest BCUT2D eigenvalue weighted by atomic mass is 19.1. The molecule has 0 aromatic heterocycles. The topological polar surface area (TPSA) is 64.6 Å². The van der Waals surface area contributed by atoms with Gasteiger partial charge in [-0.25, -0.2) is 9.18 Å². The van der Waals surface area contributed by atoms with E-state index in [1.165, 1.54) is 26.2 Å². The summed E-state index contributed by atoms with van der Waals surface area (Å²) in [7, 11) is 1.38. The largest absolute Gasteiger partial charge is 0.494 e. The average molecular weight is 317 g/mol. The van der Waals surface area contributed by atoms with Gasteiger partial charge in [-0.15, -0.1) is 0 Å². The van der Waals surface area contributed by atoms with E-state index in [4.69, 9.17) is 9.47 Å². The van der Waals surface area contributed by atoms with Crippen molar-refractivity contribution < 1.29 is 23.5 Å². The van der Waals surface area contributed by atoms with Crippen molar-refractivity contribution in [1.82, 2.24) is 0 Å². The SMILES string of the molecule is COc1ccc(COC(=O)c2ccc(NC(C)=O)cc2)cc1F. The van der Waals surface area contributed by atoms with Crippen molar-refractivity contribution in [2.24, 2.45) is 0 Å². The van der Waals surface area contributed by atoms with Gasteiger partial charge in [-0.2, -0.15) is 0 Å². The molecule has 5 nitrogen and oxygen atoms in total. The average Bonchev–Trinajstić information content (AvgIpc) is 2.53. The van der Waals surface area contributed by atoms with Crippen molar-refractivity contribution >= 4 is 17.6 Å². The van der Waals surface area contributed by atoms with Crippen molar-refractivity contribution in [3.8, 4) is 5.75 Å². The number of carbonyl (C=O) groups is 2. The van der Waals surface area contributed by atoms with E-state index in [1.54, 1.807) is 30.3 Å². The lowest BCUT2D eigenvalue weighted by Gasteiger charge is -2.08. The molecule has 0 saturated carbocycles. The molecule has 2 rings (SSSR count). The first-order valence-corrected chi connectivity index (χ1v) is 6.87. The van der Waals surface area contributed by atoms with Crippen LogP contribution < -0.4 is 10.1 Å². The number of anilines is 1. The van der Waals surface area contributed by atoms with Crippen LogP contribution in [0.1, 0.15) is 22.8 Å². The molecule has 0 spiro atoms. The first-order chi connectivity index (χ1) is 11.0. The summed E-state index contributed by atoms with van der Waals surface area (Å²) in [6.45, 7) is 1.35.